The molecule has 22 heavy (non-hydrogen) atoms. The van der Waals surface area contributed by atoms with Crippen LogP contribution >= 0.6 is 11.6 Å². The standard InChI is InChI=1S/C17H25ClN2O2/c1-11-7-8-13(12-6-5-9-19-10-12)14(18)15(11)20(16(21)22)17(2,3)4/h7-8,12,19H,5-6,9-10H2,1-4H3,(H,21,22). The first-order valence-corrected chi connectivity index (χ1v) is 8.14. The lowest BCUT2D eigenvalue weighted by Gasteiger charge is -2.36. The van der Waals surface area contributed by atoms with Gasteiger partial charge < -0.3 is 10.4 Å². The molecule has 1 aliphatic heterocycles. The maximum Gasteiger partial charge on any atom is 0.412 e. The van der Waals surface area contributed by atoms with Gasteiger partial charge in [-0.25, -0.2) is 4.79 Å². The van der Waals surface area contributed by atoms with Crippen LogP contribution < -0.4 is 10.2 Å². The Morgan fingerprint density at radius 3 is 2.59 bits per heavy atom. The number of carboxylic acid groups (broad SMARTS) is 1. The summed E-state index contributed by atoms with van der Waals surface area (Å²) in [4.78, 5) is 13.2. The van der Waals surface area contributed by atoms with Crippen molar-refractivity contribution in [2.24, 2.45) is 0 Å². The molecule has 0 aromatic heterocycles. The van der Waals surface area contributed by atoms with Gasteiger partial charge >= 0.3 is 6.09 Å². The summed E-state index contributed by atoms with van der Waals surface area (Å²) in [7, 11) is 0. The Hall–Kier alpha value is -1.26. The Morgan fingerprint density at radius 1 is 1.41 bits per heavy atom. The first-order chi connectivity index (χ1) is 10.2. The highest BCUT2D eigenvalue weighted by molar-refractivity contribution is 6.34. The van der Waals surface area contributed by atoms with Gasteiger partial charge in [-0.05, 0) is 64.1 Å². The minimum absolute atomic E-state index is 0.344. The van der Waals surface area contributed by atoms with Crippen LogP contribution in [-0.2, 0) is 0 Å². The van der Waals surface area contributed by atoms with Crippen molar-refractivity contribution in [3.8, 4) is 0 Å². The molecular weight excluding hydrogens is 300 g/mol. The average Bonchev–Trinajstić information content (AvgIpc) is 2.42. The summed E-state index contributed by atoms with van der Waals surface area (Å²) in [6.07, 6.45) is 1.22. The van der Waals surface area contributed by atoms with Crippen LogP contribution in [0.1, 0.15) is 50.7 Å². The lowest BCUT2D eigenvalue weighted by atomic mass is 9.90. The molecule has 1 aliphatic rings. The van der Waals surface area contributed by atoms with E-state index in [9.17, 15) is 9.90 Å². The molecule has 0 saturated carbocycles. The summed E-state index contributed by atoms with van der Waals surface area (Å²) >= 11 is 6.66. The van der Waals surface area contributed by atoms with Crippen LogP contribution in [0.15, 0.2) is 12.1 Å². The van der Waals surface area contributed by atoms with Crippen LogP contribution in [-0.4, -0.2) is 29.8 Å². The summed E-state index contributed by atoms with van der Waals surface area (Å²) in [5.41, 5.74) is 1.99. The minimum atomic E-state index is -0.976. The molecule has 0 bridgehead atoms. The van der Waals surface area contributed by atoms with Gasteiger partial charge in [0, 0.05) is 12.1 Å². The molecular formula is C17H25ClN2O2. The van der Waals surface area contributed by atoms with E-state index in [0.717, 1.165) is 37.1 Å². The molecule has 1 heterocycles. The number of anilines is 1. The van der Waals surface area contributed by atoms with Crippen molar-refractivity contribution in [1.29, 1.82) is 0 Å². The fourth-order valence-corrected chi connectivity index (χ4v) is 3.55. The van der Waals surface area contributed by atoms with Crippen molar-refractivity contribution in [2.75, 3.05) is 18.0 Å². The average molecular weight is 325 g/mol. The zero-order valence-corrected chi connectivity index (χ0v) is 14.5. The van der Waals surface area contributed by atoms with E-state index in [2.05, 4.69) is 5.32 Å². The summed E-state index contributed by atoms with van der Waals surface area (Å²) in [6.45, 7) is 9.48. The van der Waals surface area contributed by atoms with Gasteiger partial charge in [0.25, 0.3) is 0 Å². The second-order valence-corrected chi connectivity index (χ2v) is 7.34. The maximum absolute atomic E-state index is 11.8. The van der Waals surface area contributed by atoms with Crippen molar-refractivity contribution in [3.63, 3.8) is 0 Å². The molecule has 4 nitrogen and oxygen atoms in total. The van der Waals surface area contributed by atoms with Gasteiger partial charge in [-0.1, -0.05) is 23.7 Å². The Bertz CT molecular complexity index is 561. The van der Waals surface area contributed by atoms with Crippen LogP contribution in [0.3, 0.4) is 0 Å². The summed E-state index contributed by atoms with van der Waals surface area (Å²) in [5, 5.41) is 13.6. The van der Waals surface area contributed by atoms with E-state index in [1.54, 1.807) is 0 Å². The van der Waals surface area contributed by atoms with Gasteiger partial charge in [0.2, 0.25) is 0 Å². The molecule has 0 aliphatic carbocycles. The third-order valence-corrected chi connectivity index (χ3v) is 4.57. The van der Waals surface area contributed by atoms with Crippen molar-refractivity contribution in [1.82, 2.24) is 5.32 Å². The second kappa shape index (κ2) is 6.47. The largest absolute Gasteiger partial charge is 0.465 e. The molecule has 1 aromatic rings. The predicted molar refractivity (Wildman–Crippen MR) is 91.3 cm³/mol. The number of halogens is 1. The van der Waals surface area contributed by atoms with E-state index in [1.807, 2.05) is 39.8 Å². The summed E-state index contributed by atoms with van der Waals surface area (Å²) in [6, 6.07) is 4.02. The smallest absolute Gasteiger partial charge is 0.412 e. The van der Waals surface area contributed by atoms with E-state index in [4.69, 9.17) is 11.6 Å². The molecule has 1 aromatic carbocycles. The third-order valence-electron chi connectivity index (χ3n) is 4.17. The molecule has 122 valence electrons. The van der Waals surface area contributed by atoms with Crippen molar-refractivity contribution >= 4 is 23.4 Å². The number of carbonyl (C=O) groups is 1. The monoisotopic (exact) mass is 324 g/mol. The fourth-order valence-electron chi connectivity index (χ4n) is 3.10. The van der Waals surface area contributed by atoms with E-state index >= 15 is 0 Å². The molecule has 1 fully saturated rings. The van der Waals surface area contributed by atoms with Gasteiger partial charge in [-0.3, -0.25) is 4.90 Å². The maximum atomic E-state index is 11.8. The molecule has 2 N–H and O–H groups in total. The zero-order chi connectivity index (χ0) is 16.5. The molecule has 1 unspecified atom stereocenters. The fraction of sp³-hybridized carbons (Fsp3) is 0.588. The Balaban J connectivity index is 2.52. The van der Waals surface area contributed by atoms with E-state index in [0.29, 0.717) is 16.6 Å². The first-order valence-electron chi connectivity index (χ1n) is 7.76. The third kappa shape index (κ3) is 3.39. The summed E-state index contributed by atoms with van der Waals surface area (Å²) in [5.74, 6) is 0.344. The van der Waals surface area contributed by atoms with Crippen molar-refractivity contribution in [2.45, 2.75) is 52.0 Å². The van der Waals surface area contributed by atoms with Crippen LogP contribution in [0.5, 0.6) is 0 Å². The topological polar surface area (TPSA) is 52.6 Å². The Kier molecular flexibility index (Phi) is 5.03. The molecule has 0 radical (unpaired) electrons. The van der Waals surface area contributed by atoms with Crippen LogP contribution in [0.2, 0.25) is 5.02 Å². The molecule has 1 amide bonds. The number of hydrogen-bond donors (Lipinski definition) is 2. The highest BCUT2D eigenvalue weighted by atomic mass is 35.5. The normalized spacial score (nSPS) is 19.0. The van der Waals surface area contributed by atoms with Gasteiger partial charge in [0.1, 0.15) is 0 Å². The van der Waals surface area contributed by atoms with Gasteiger partial charge in [0.05, 0.1) is 10.7 Å². The number of rotatable bonds is 2. The number of nitrogens with zero attached hydrogens (tertiary/aromatic N) is 1. The zero-order valence-electron chi connectivity index (χ0n) is 13.7. The SMILES string of the molecule is Cc1ccc(C2CCCNC2)c(Cl)c1N(C(=O)O)C(C)(C)C. The highest BCUT2D eigenvalue weighted by Crippen LogP contribution is 2.40. The Morgan fingerprint density at radius 2 is 2.09 bits per heavy atom. The molecule has 1 atom stereocenters. The first kappa shape index (κ1) is 17.1. The van der Waals surface area contributed by atoms with Gasteiger partial charge in [-0.2, -0.15) is 0 Å². The number of aryl methyl sites for hydroxylation is 1. The van der Waals surface area contributed by atoms with Crippen molar-refractivity contribution in [3.05, 3.63) is 28.3 Å². The van der Waals surface area contributed by atoms with Crippen LogP contribution in [0.4, 0.5) is 10.5 Å². The number of amides is 1. The number of hydrogen-bond acceptors (Lipinski definition) is 2. The molecule has 0 spiro atoms. The van der Waals surface area contributed by atoms with Crippen molar-refractivity contribution < 1.29 is 9.90 Å². The van der Waals surface area contributed by atoms with Crippen LogP contribution in [0.25, 0.3) is 0 Å². The highest BCUT2D eigenvalue weighted by Gasteiger charge is 2.32. The van der Waals surface area contributed by atoms with Gasteiger partial charge in [0.15, 0.2) is 0 Å². The van der Waals surface area contributed by atoms with E-state index in [-0.39, 0.29) is 0 Å². The van der Waals surface area contributed by atoms with Crippen LogP contribution in [0, 0.1) is 6.92 Å². The molecule has 5 heteroatoms. The number of piperidine rings is 1. The van der Waals surface area contributed by atoms with E-state index in [1.165, 1.54) is 4.90 Å². The second-order valence-electron chi connectivity index (χ2n) is 6.97. The number of nitrogens with one attached hydrogen (secondary N) is 1. The Labute approximate surface area is 137 Å². The summed E-state index contributed by atoms with van der Waals surface area (Å²) < 4.78 is 0. The molecule has 2 rings (SSSR count). The minimum Gasteiger partial charge on any atom is -0.465 e. The predicted octanol–water partition coefficient (Wildman–Crippen LogP) is 4.40. The lowest BCUT2D eigenvalue weighted by Crippen LogP contribution is -2.45. The van der Waals surface area contributed by atoms with E-state index < -0.39 is 11.6 Å². The molecule has 1 saturated heterocycles. The number of benzene rings is 1. The lowest BCUT2D eigenvalue weighted by molar-refractivity contribution is 0.195. The quantitative estimate of drug-likeness (QED) is 0.847. The van der Waals surface area contributed by atoms with Gasteiger partial charge in [-0.15, -0.1) is 0 Å².